The van der Waals surface area contributed by atoms with Gasteiger partial charge in [-0.15, -0.1) is 0 Å². The lowest BCUT2D eigenvalue weighted by Crippen LogP contribution is -2.08. The van der Waals surface area contributed by atoms with Gasteiger partial charge in [0.25, 0.3) is 0 Å². The van der Waals surface area contributed by atoms with Crippen LogP contribution in [0.15, 0.2) is 36.7 Å². The molecule has 2 heterocycles. The van der Waals surface area contributed by atoms with Crippen LogP contribution in [-0.2, 0) is 6.42 Å². The zero-order chi connectivity index (χ0) is 18.0. The molecule has 25 heavy (non-hydrogen) atoms. The molecule has 0 fully saturated rings. The molecule has 7 heteroatoms. The fourth-order valence-electron chi connectivity index (χ4n) is 2.57. The number of nitrogens with one attached hydrogen (secondary N) is 1. The Labute approximate surface area is 161 Å². The summed E-state index contributed by atoms with van der Waals surface area (Å²) < 4.78 is 1.99. The Morgan fingerprint density at radius 1 is 1.08 bits per heavy atom. The van der Waals surface area contributed by atoms with Crippen molar-refractivity contribution in [1.29, 1.82) is 0 Å². The highest BCUT2D eigenvalue weighted by molar-refractivity contribution is 6.35. The van der Waals surface area contributed by atoms with Gasteiger partial charge in [0.05, 0.1) is 16.4 Å². The number of aryl methyl sites for hydroxylation is 2. The first-order chi connectivity index (χ1) is 11.9. The third-order valence-electron chi connectivity index (χ3n) is 3.78. The molecule has 0 radical (unpaired) electrons. The van der Waals surface area contributed by atoms with Crippen molar-refractivity contribution < 1.29 is 0 Å². The van der Waals surface area contributed by atoms with E-state index >= 15 is 0 Å². The van der Waals surface area contributed by atoms with Crippen LogP contribution in [0.3, 0.4) is 0 Å². The van der Waals surface area contributed by atoms with Crippen LogP contribution in [-0.4, -0.2) is 21.1 Å². The first-order valence-electron chi connectivity index (χ1n) is 7.81. The number of hydrogen-bond acceptors (Lipinski definition) is 3. The zero-order valence-corrected chi connectivity index (χ0v) is 16.1. The number of halogens is 3. The molecule has 0 atom stereocenters. The molecule has 4 nitrogen and oxygen atoms in total. The number of hydrogen-bond donors (Lipinski definition) is 1. The molecule has 0 saturated heterocycles. The normalized spacial score (nSPS) is 10.9. The number of aromatic nitrogens is 3. The Bertz CT molecular complexity index is 905. The van der Waals surface area contributed by atoms with Gasteiger partial charge in [0, 0.05) is 24.0 Å². The third kappa shape index (κ3) is 4.27. The summed E-state index contributed by atoms with van der Waals surface area (Å²) in [6, 6.07) is 7.52. The summed E-state index contributed by atoms with van der Waals surface area (Å²) >= 11 is 18.5. The van der Waals surface area contributed by atoms with E-state index in [2.05, 4.69) is 27.5 Å². The quantitative estimate of drug-likeness (QED) is 0.620. The maximum absolute atomic E-state index is 6.26. The summed E-state index contributed by atoms with van der Waals surface area (Å²) in [5.74, 6) is 1.37. The first-order valence-corrected chi connectivity index (χ1v) is 8.94. The molecule has 3 rings (SSSR count). The minimum absolute atomic E-state index is 0.566. The molecule has 1 N–H and O–H groups in total. The lowest BCUT2D eigenvalue weighted by atomic mass is 10.2. The number of nitrogens with zero attached hydrogens (tertiary/aromatic N) is 3. The van der Waals surface area contributed by atoms with Gasteiger partial charge in [-0.1, -0.05) is 34.8 Å². The highest BCUT2D eigenvalue weighted by atomic mass is 35.5. The second-order valence-corrected chi connectivity index (χ2v) is 6.94. The Morgan fingerprint density at radius 3 is 2.64 bits per heavy atom. The molecule has 0 bridgehead atoms. The molecule has 0 aliphatic carbocycles. The smallest absolute Gasteiger partial charge is 0.148 e. The largest absolute Gasteiger partial charge is 0.368 e. The number of benzene rings is 1. The van der Waals surface area contributed by atoms with Crippen molar-refractivity contribution in [3.8, 4) is 5.69 Å². The van der Waals surface area contributed by atoms with Crippen molar-refractivity contribution in [1.82, 2.24) is 14.5 Å². The average Bonchev–Trinajstić information content (AvgIpc) is 3.00. The van der Waals surface area contributed by atoms with Gasteiger partial charge in [0.15, 0.2) is 0 Å². The maximum atomic E-state index is 6.26. The monoisotopic (exact) mass is 394 g/mol. The van der Waals surface area contributed by atoms with Crippen LogP contribution in [0.4, 0.5) is 5.82 Å². The lowest BCUT2D eigenvalue weighted by molar-refractivity contribution is 0.963. The van der Waals surface area contributed by atoms with Crippen LogP contribution in [0.1, 0.15) is 17.1 Å². The molecule has 0 aliphatic heterocycles. The molecule has 130 valence electrons. The highest BCUT2D eigenvalue weighted by Gasteiger charge is 2.08. The summed E-state index contributed by atoms with van der Waals surface area (Å²) in [7, 11) is 0. The SMILES string of the molecule is Cc1nc(C)c(Cl)c(NCCc2ccn(-c3ccc(Cl)cc3Cl)c2)n1. The average molecular weight is 396 g/mol. The lowest BCUT2D eigenvalue weighted by Gasteiger charge is -2.09. The predicted octanol–water partition coefficient (Wildman–Crippen LogP) is 5.50. The van der Waals surface area contributed by atoms with Crippen LogP contribution >= 0.6 is 34.8 Å². The number of anilines is 1. The van der Waals surface area contributed by atoms with Crippen molar-refractivity contribution >= 4 is 40.6 Å². The van der Waals surface area contributed by atoms with Crippen molar-refractivity contribution in [3.05, 3.63) is 68.8 Å². The van der Waals surface area contributed by atoms with Gasteiger partial charge in [0.2, 0.25) is 0 Å². The third-order valence-corrected chi connectivity index (χ3v) is 4.77. The van der Waals surface area contributed by atoms with Gasteiger partial charge in [0.1, 0.15) is 16.7 Å². The Balaban J connectivity index is 1.66. The van der Waals surface area contributed by atoms with E-state index in [4.69, 9.17) is 34.8 Å². The standard InChI is InChI=1S/C18H17Cl3N4/c1-11-17(21)18(24-12(2)23-11)22-7-5-13-6-8-25(10-13)16-4-3-14(19)9-15(16)20/h3-4,6,8-10H,5,7H2,1-2H3,(H,22,23,24). The molecular formula is C18H17Cl3N4. The highest BCUT2D eigenvalue weighted by Crippen LogP contribution is 2.25. The number of rotatable bonds is 5. The molecule has 3 aromatic rings. The van der Waals surface area contributed by atoms with Crippen LogP contribution < -0.4 is 5.32 Å². The second kappa shape index (κ2) is 7.65. The van der Waals surface area contributed by atoms with E-state index in [0.717, 1.165) is 17.8 Å². The predicted molar refractivity (Wildman–Crippen MR) is 104 cm³/mol. The first kappa shape index (κ1) is 18.1. The van der Waals surface area contributed by atoms with E-state index < -0.39 is 0 Å². The Morgan fingerprint density at radius 2 is 1.88 bits per heavy atom. The summed E-state index contributed by atoms with van der Waals surface area (Å²) in [6.45, 7) is 4.44. The van der Waals surface area contributed by atoms with Gasteiger partial charge >= 0.3 is 0 Å². The van der Waals surface area contributed by atoms with Crippen LogP contribution in [0.25, 0.3) is 5.69 Å². The van der Waals surface area contributed by atoms with Gasteiger partial charge in [-0.2, -0.15) is 0 Å². The molecule has 0 spiro atoms. The van der Waals surface area contributed by atoms with E-state index in [-0.39, 0.29) is 0 Å². The van der Waals surface area contributed by atoms with Crippen molar-refractivity contribution in [2.24, 2.45) is 0 Å². The fraction of sp³-hybridized carbons (Fsp3) is 0.222. The van der Waals surface area contributed by atoms with Gasteiger partial charge in [-0.05, 0) is 50.1 Å². The maximum Gasteiger partial charge on any atom is 0.148 e. The summed E-state index contributed by atoms with van der Waals surface area (Å²) in [6.07, 6.45) is 4.86. The Hall–Kier alpha value is -1.75. The van der Waals surface area contributed by atoms with Crippen LogP contribution in [0, 0.1) is 13.8 Å². The molecule has 1 aromatic carbocycles. The van der Waals surface area contributed by atoms with E-state index in [9.17, 15) is 0 Å². The minimum Gasteiger partial charge on any atom is -0.368 e. The fourth-order valence-corrected chi connectivity index (χ4v) is 3.23. The van der Waals surface area contributed by atoms with Crippen molar-refractivity contribution in [3.63, 3.8) is 0 Å². The molecule has 0 aliphatic rings. The zero-order valence-electron chi connectivity index (χ0n) is 13.9. The van der Waals surface area contributed by atoms with Crippen molar-refractivity contribution in [2.45, 2.75) is 20.3 Å². The molecular weight excluding hydrogens is 379 g/mol. The summed E-state index contributed by atoms with van der Waals surface area (Å²) in [4.78, 5) is 8.59. The summed E-state index contributed by atoms with van der Waals surface area (Å²) in [5, 5.41) is 5.08. The Kier molecular flexibility index (Phi) is 5.52. The van der Waals surface area contributed by atoms with Crippen LogP contribution in [0.2, 0.25) is 15.1 Å². The molecule has 0 saturated carbocycles. The minimum atomic E-state index is 0.566. The molecule has 0 unspecified atom stereocenters. The topological polar surface area (TPSA) is 42.7 Å². The molecule has 2 aromatic heterocycles. The van der Waals surface area contributed by atoms with E-state index in [1.807, 2.05) is 36.7 Å². The van der Waals surface area contributed by atoms with Gasteiger partial charge in [-0.25, -0.2) is 9.97 Å². The van der Waals surface area contributed by atoms with Crippen LogP contribution in [0.5, 0.6) is 0 Å². The van der Waals surface area contributed by atoms with Crippen molar-refractivity contribution in [2.75, 3.05) is 11.9 Å². The molecule has 0 amide bonds. The van der Waals surface area contributed by atoms with Gasteiger partial charge < -0.3 is 9.88 Å². The van der Waals surface area contributed by atoms with E-state index in [0.29, 0.717) is 33.3 Å². The summed E-state index contributed by atoms with van der Waals surface area (Å²) in [5.41, 5.74) is 2.85. The van der Waals surface area contributed by atoms with E-state index in [1.54, 1.807) is 6.07 Å². The second-order valence-electron chi connectivity index (χ2n) is 5.72. The van der Waals surface area contributed by atoms with Gasteiger partial charge in [-0.3, -0.25) is 0 Å². The van der Waals surface area contributed by atoms with E-state index in [1.165, 1.54) is 5.56 Å².